The van der Waals surface area contributed by atoms with Gasteiger partial charge < -0.3 is 10.4 Å². The lowest BCUT2D eigenvalue weighted by atomic mass is 10.2. The van der Waals surface area contributed by atoms with Crippen molar-refractivity contribution < 1.29 is 23.1 Å². The summed E-state index contributed by atoms with van der Waals surface area (Å²) < 4.78 is 37.2. The van der Waals surface area contributed by atoms with E-state index in [1.165, 1.54) is 6.07 Å². The molecule has 0 saturated heterocycles. The van der Waals surface area contributed by atoms with Gasteiger partial charge >= 0.3 is 12.1 Å². The number of halogens is 3. The van der Waals surface area contributed by atoms with Gasteiger partial charge in [0.2, 0.25) is 0 Å². The molecule has 18 heavy (non-hydrogen) atoms. The SMILES string of the molecule is O=C(O)CCCCNc1cccc(C(F)(F)F)c1. The normalized spacial score (nSPS) is 11.3. The van der Waals surface area contributed by atoms with Gasteiger partial charge in [0.05, 0.1) is 5.56 Å². The molecule has 0 atom stereocenters. The summed E-state index contributed by atoms with van der Waals surface area (Å²) in [4.78, 5) is 10.2. The minimum atomic E-state index is -4.35. The molecule has 6 heteroatoms. The fourth-order valence-electron chi connectivity index (χ4n) is 1.44. The van der Waals surface area contributed by atoms with Crippen molar-refractivity contribution >= 4 is 11.7 Å². The van der Waals surface area contributed by atoms with E-state index in [0.717, 1.165) is 12.1 Å². The van der Waals surface area contributed by atoms with E-state index in [1.54, 1.807) is 6.07 Å². The smallest absolute Gasteiger partial charge is 0.416 e. The number of carboxylic acids is 1. The van der Waals surface area contributed by atoms with E-state index in [2.05, 4.69) is 5.32 Å². The van der Waals surface area contributed by atoms with Crippen LogP contribution in [-0.2, 0) is 11.0 Å². The number of nitrogens with one attached hydrogen (secondary N) is 1. The van der Waals surface area contributed by atoms with Gasteiger partial charge in [0.1, 0.15) is 0 Å². The summed E-state index contributed by atoms with van der Waals surface area (Å²) in [5, 5.41) is 11.2. The Morgan fingerprint density at radius 2 is 2.00 bits per heavy atom. The highest BCUT2D eigenvalue weighted by molar-refractivity contribution is 5.66. The standard InChI is InChI=1S/C12H14F3NO2/c13-12(14,15)9-4-3-5-10(8-9)16-7-2-1-6-11(17)18/h3-5,8,16H,1-2,6-7H2,(H,17,18). The molecule has 100 valence electrons. The number of alkyl halides is 3. The number of carboxylic acid groups (broad SMARTS) is 1. The maximum absolute atomic E-state index is 12.4. The van der Waals surface area contributed by atoms with Crippen molar-refractivity contribution in [2.45, 2.75) is 25.4 Å². The van der Waals surface area contributed by atoms with Gasteiger partial charge in [-0.15, -0.1) is 0 Å². The van der Waals surface area contributed by atoms with Crippen molar-refractivity contribution in [3.63, 3.8) is 0 Å². The topological polar surface area (TPSA) is 49.3 Å². The number of hydrogen-bond donors (Lipinski definition) is 2. The summed E-state index contributed by atoms with van der Waals surface area (Å²) in [5.41, 5.74) is -0.307. The van der Waals surface area contributed by atoms with Crippen LogP contribution in [0.4, 0.5) is 18.9 Å². The van der Waals surface area contributed by atoms with Crippen LogP contribution in [0.5, 0.6) is 0 Å². The predicted octanol–water partition coefficient (Wildman–Crippen LogP) is 3.37. The molecule has 2 N–H and O–H groups in total. The molecular formula is C12H14F3NO2. The van der Waals surface area contributed by atoms with Crippen LogP contribution in [0.1, 0.15) is 24.8 Å². The van der Waals surface area contributed by atoms with Crippen molar-refractivity contribution in [3.05, 3.63) is 29.8 Å². The highest BCUT2D eigenvalue weighted by Crippen LogP contribution is 2.30. The van der Waals surface area contributed by atoms with Crippen LogP contribution in [0.15, 0.2) is 24.3 Å². The third kappa shape index (κ3) is 5.07. The van der Waals surface area contributed by atoms with Crippen LogP contribution >= 0.6 is 0 Å². The largest absolute Gasteiger partial charge is 0.481 e. The molecular weight excluding hydrogens is 247 g/mol. The van der Waals surface area contributed by atoms with Crippen molar-refractivity contribution in [1.82, 2.24) is 0 Å². The molecule has 1 rings (SSSR count). The van der Waals surface area contributed by atoms with E-state index >= 15 is 0 Å². The van der Waals surface area contributed by atoms with Gasteiger partial charge in [0.25, 0.3) is 0 Å². The Balaban J connectivity index is 2.41. The van der Waals surface area contributed by atoms with Crippen LogP contribution in [-0.4, -0.2) is 17.6 Å². The Kier molecular flexibility index (Phi) is 5.00. The zero-order valence-electron chi connectivity index (χ0n) is 9.63. The van der Waals surface area contributed by atoms with Crippen molar-refractivity contribution in [2.75, 3.05) is 11.9 Å². The number of anilines is 1. The van der Waals surface area contributed by atoms with Crippen molar-refractivity contribution in [1.29, 1.82) is 0 Å². The lowest BCUT2D eigenvalue weighted by Crippen LogP contribution is -2.07. The van der Waals surface area contributed by atoms with Crippen LogP contribution < -0.4 is 5.32 Å². The molecule has 0 spiro atoms. The van der Waals surface area contributed by atoms with Crippen LogP contribution in [0.2, 0.25) is 0 Å². The fourth-order valence-corrected chi connectivity index (χ4v) is 1.44. The lowest BCUT2D eigenvalue weighted by molar-refractivity contribution is -0.138. The zero-order chi connectivity index (χ0) is 13.6. The molecule has 1 aromatic carbocycles. The fraction of sp³-hybridized carbons (Fsp3) is 0.417. The minimum Gasteiger partial charge on any atom is -0.481 e. The molecule has 0 fully saturated rings. The first kappa shape index (κ1) is 14.3. The molecule has 0 saturated carbocycles. The predicted molar refractivity (Wildman–Crippen MR) is 61.4 cm³/mol. The number of hydrogen-bond acceptors (Lipinski definition) is 2. The molecule has 0 unspecified atom stereocenters. The summed E-state index contributed by atoms with van der Waals surface area (Å²) in [7, 11) is 0. The number of carbonyl (C=O) groups is 1. The number of rotatable bonds is 6. The zero-order valence-corrected chi connectivity index (χ0v) is 9.63. The first-order chi connectivity index (χ1) is 8.39. The molecule has 0 radical (unpaired) electrons. The summed E-state index contributed by atoms with van der Waals surface area (Å²) in [6.45, 7) is 0.453. The summed E-state index contributed by atoms with van der Waals surface area (Å²) in [6.07, 6.45) is -3.17. The van der Waals surface area contributed by atoms with Crippen LogP contribution in [0.3, 0.4) is 0 Å². The van der Waals surface area contributed by atoms with E-state index in [-0.39, 0.29) is 6.42 Å². The highest BCUT2D eigenvalue weighted by atomic mass is 19.4. The monoisotopic (exact) mass is 261 g/mol. The molecule has 0 aliphatic heterocycles. The number of benzene rings is 1. The van der Waals surface area contributed by atoms with Crippen molar-refractivity contribution in [3.8, 4) is 0 Å². The quantitative estimate of drug-likeness (QED) is 0.772. The van der Waals surface area contributed by atoms with Gasteiger partial charge in [0.15, 0.2) is 0 Å². The van der Waals surface area contributed by atoms with E-state index < -0.39 is 17.7 Å². The molecule has 0 bridgehead atoms. The third-order valence-corrected chi connectivity index (χ3v) is 2.34. The van der Waals surface area contributed by atoms with Gasteiger partial charge in [-0.2, -0.15) is 13.2 Å². The average molecular weight is 261 g/mol. The molecule has 0 heterocycles. The lowest BCUT2D eigenvalue weighted by Gasteiger charge is -2.10. The Morgan fingerprint density at radius 3 is 2.61 bits per heavy atom. The molecule has 0 aliphatic rings. The van der Waals surface area contributed by atoms with Gasteiger partial charge in [-0.1, -0.05) is 6.07 Å². The van der Waals surface area contributed by atoms with Gasteiger partial charge in [-0.05, 0) is 31.0 Å². The summed E-state index contributed by atoms with van der Waals surface area (Å²) >= 11 is 0. The Hall–Kier alpha value is -1.72. The van der Waals surface area contributed by atoms with E-state index in [1.807, 2.05) is 0 Å². The Labute approximate surface area is 103 Å². The molecule has 0 amide bonds. The molecule has 0 aromatic heterocycles. The third-order valence-electron chi connectivity index (χ3n) is 2.34. The minimum absolute atomic E-state index is 0.0737. The highest BCUT2D eigenvalue weighted by Gasteiger charge is 2.30. The van der Waals surface area contributed by atoms with Crippen molar-refractivity contribution in [2.24, 2.45) is 0 Å². The van der Waals surface area contributed by atoms with E-state index in [4.69, 9.17) is 5.11 Å². The summed E-state index contributed by atoms with van der Waals surface area (Å²) in [6, 6.07) is 4.93. The van der Waals surface area contributed by atoms with Gasteiger partial charge in [-0.25, -0.2) is 0 Å². The van der Waals surface area contributed by atoms with E-state index in [0.29, 0.717) is 25.1 Å². The van der Waals surface area contributed by atoms with Gasteiger partial charge in [0, 0.05) is 18.7 Å². The average Bonchev–Trinajstić information content (AvgIpc) is 2.27. The maximum atomic E-state index is 12.4. The van der Waals surface area contributed by atoms with Gasteiger partial charge in [-0.3, -0.25) is 4.79 Å². The molecule has 1 aromatic rings. The second kappa shape index (κ2) is 6.28. The Morgan fingerprint density at radius 1 is 1.28 bits per heavy atom. The summed E-state index contributed by atoms with van der Waals surface area (Å²) in [5.74, 6) is -0.867. The molecule has 3 nitrogen and oxygen atoms in total. The maximum Gasteiger partial charge on any atom is 0.416 e. The van der Waals surface area contributed by atoms with Crippen LogP contribution in [0, 0.1) is 0 Å². The second-order valence-electron chi connectivity index (χ2n) is 3.86. The second-order valence-corrected chi connectivity index (χ2v) is 3.86. The Bertz CT molecular complexity index is 405. The van der Waals surface area contributed by atoms with E-state index in [9.17, 15) is 18.0 Å². The van der Waals surface area contributed by atoms with Crippen LogP contribution in [0.25, 0.3) is 0 Å². The molecule has 0 aliphatic carbocycles. The first-order valence-electron chi connectivity index (χ1n) is 5.52. The number of aliphatic carboxylic acids is 1. The number of unbranched alkanes of at least 4 members (excludes halogenated alkanes) is 1. The first-order valence-corrected chi connectivity index (χ1v) is 5.52.